The Kier molecular flexibility index (Phi) is 2.97. The molecule has 0 aromatic heterocycles. The molecule has 0 amide bonds. The molecule has 2 nitrogen and oxygen atoms in total. The molecule has 0 saturated heterocycles. The van der Waals surface area contributed by atoms with Crippen molar-refractivity contribution in [2.45, 2.75) is 43.9 Å². The monoisotopic (exact) mass is 308 g/mol. The van der Waals surface area contributed by atoms with Crippen molar-refractivity contribution in [2.75, 3.05) is 0 Å². The highest BCUT2D eigenvalue weighted by molar-refractivity contribution is 9.10. The van der Waals surface area contributed by atoms with Gasteiger partial charge in [-0.2, -0.15) is 0 Å². The van der Waals surface area contributed by atoms with Crippen LogP contribution < -0.4 is 0 Å². The fourth-order valence-corrected chi connectivity index (χ4v) is 4.16. The second-order valence-electron chi connectivity index (χ2n) is 5.64. The molecule has 3 heteroatoms. The average Bonchev–Trinajstić information content (AvgIpc) is 2.25. The molecule has 1 saturated carbocycles. The SMILES string of the molecule is O=C(O)CC1CCc2ccc(Br)cc2C12CCC2. The number of aliphatic carboxylic acids is 1. The largest absolute Gasteiger partial charge is 0.481 e. The third-order valence-electron chi connectivity index (χ3n) is 4.82. The predicted molar refractivity (Wildman–Crippen MR) is 73.7 cm³/mol. The van der Waals surface area contributed by atoms with Gasteiger partial charge in [0.2, 0.25) is 0 Å². The van der Waals surface area contributed by atoms with Crippen LogP contribution in [0.5, 0.6) is 0 Å². The molecule has 18 heavy (non-hydrogen) atoms. The van der Waals surface area contributed by atoms with Gasteiger partial charge >= 0.3 is 5.97 Å². The number of hydrogen-bond donors (Lipinski definition) is 1. The molecule has 1 aromatic rings. The third-order valence-corrected chi connectivity index (χ3v) is 5.31. The van der Waals surface area contributed by atoms with Gasteiger partial charge in [-0.05, 0) is 60.3 Å². The summed E-state index contributed by atoms with van der Waals surface area (Å²) in [5.41, 5.74) is 3.01. The minimum Gasteiger partial charge on any atom is -0.481 e. The van der Waals surface area contributed by atoms with Gasteiger partial charge in [0.05, 0.1) is 0 Å². The lowest BCUT2D eigenvalue weighted by atomic mass is 9.52. The minimum atomic E-state index is -0.648. The van der Waals surface area contributed by atoms with Gasteiger partial charge < -0.3 is 5.11 Å². The number of rotatable bonds is 2. The number of carbonyl (C=O) groups is 1. The average molecular weight is 309 g/mol. The van der Waals surface area contributed by atoms with Crippen LogP contribution in [0.2, 0.25) is 0 Å². The van der Waals surface area contributed by atoms with Crippen LogP contribution in [-0.4, -0.2) is 11.1 Å². The van der Waals surface area contributed by atoms with Gasteiger partial charge in [-0.15, -0.1) is 0 Å². The first-order valence-corrected chi connectivity index (χ1v) is 7.42. The highest BCUT2D eigenvalue weighted by Gasteiger charge is 2.48. The second-order valence-corrected chi connectivity index (χ2v) is 6.56. The van der Waals surface area contributed by atoms with Crippen molar-refractivity contribution in [1.29, 1.82) is 0 Å². The number of aryl methyl sites for hydroxylation is 1. The lowest BCUT2D eigenvalue weighted by Crippen LogP contribution is -2.46. The van der Waals surface area contributed by atoms with Crippen LogP contribution in [0.15, 0.2) is 22.7 Å². The summed E-state index contributed by atoms with van der Waals surface area (Å²) < 4.78 is 1.11. The van der Waals surface area contributed by atoms with Crippen molar-refractivity contribution in [2.24, 2.45) is 5.92 Å². The number of halogens is 1. The van der Waals surface area contributed by atoms with E-state index in [0.717, 1.165) is 30.2 Å². The van der Waals surface area contributed by atoms with Gasteiger partial charge in [-0.3, -0.25) is 4.79 Å². The third kappa shape index (κ3) is 1.80. The summed E-state index contributed by atoms with van der Waals surface area (Å²) in [6.07, 6.45) is 5.94. The molecule has 0 bridgehead atoms. The Labute approximate surface area is 116 Å². The fourth-order valence-electron chi connectivity index (χ4n) is 3.80. The summed E-state index contributed by atoms with van der Waals surface area (Å²) in [6.45, 7) is 0. The van der Waals surface area contributed by atoms with E-state index in [1.807, 2.05) is 0 Å². The molecule has 1 unspecified atom stereocenters. The molecule has 0 heterocycles. The normalized spacial score (nSPS) is 24.4. The van der Waals surface area contributed by atoms with Gasteiger partial charge in [0.1, 0.15) is 0 Å². The molecule has 1 atom stereocenters. The fraction of sp³-hybridized carbons (Fsp3) is 0.533. The molecule has 1 N–H and O–H groups in total. The van der Waals surface area contributed by atoms with Crippen molar-refractivity contribution in [1.82, 2.24) is 0 Å². The first-order valence-electron chi connectivity index (χ1n) is 6.62. The van der Waals surface area contributed by atoms with E-state index in [-0.39, 0.29) is 5.41 Å². The van der Waals surface area contributed by atoms with E-state index in [4.69, 9.17) is 5.11 Å². The summed E-state index contributed by atoms with van der Waals surface area (Å²) in [7, 11) is 0. The van der Waals surface area contributed by atoms with Gasteiger partial charge in [-0.25, -0.2) is 0 Å². The standard InChI is InChI=1S/C15H17BrO2/c16-12-5-3-10-2-4-11(8-14(17)18)15(6-1-7-15)13(10)9-12/h3,5,9,11H,1-2,4,6-8H2,(H,17,18). The van der Waals surface area contributed by atoms with Crippen LogP contribution >= 0.6 is 15.9 Å². The number of benzene rings is 1. The predicted octanol–water partition coefficient (Wildman–Crippen LogP) is 3.91. The number of carboxylic acid groups (broad SMARTS) is 1. The van der Waals surface area contributed by atoms with Crippen molar-refractivity contribution in [3.8, 4) is 0 Å². The Hall–Kier alpha value is -0.830. The van der Waals surface area contributed by atoms with Crippen molar-refractivity contribution < 1.29 is 9.90 Å². The molecule has 1 fully saturated rings. The van der Waals surface area contributed by atoms with Crippen LogP contribution in [0.3, 0.4) is 0 Å². The lowest BCUT2D eigenvalue weighted by molar-refractivity contribution is -0.139. The maximum absolute atomic E-state index is 11.1. The Morgan fingerprint density at radius 3 is 2.83 bits per heavy atom. The van der Waals surface area contributed by atoms with Gasteiger partial charge in [0.15, 0.2) is 0 Å². The van der Waals surface area contributed by atoms with E-state index in [1.54, 1.807) is 0 Å². The molecule has 1 aromatic carbocycles. The van der Waals surface area contributed by atoms with Crippen molar-refractivity contribution in [3.63, 3.8) is 0 Å². The zero-order chi connectivity index (χ0) is 12.8. The molecule has 0 radical (unpaired) electrons. The van der Waals surface area contributed by atoms with E-state index in [9.17, 15) is 4.79 Å². The van der Waals surface area contributed by atoms with E-state index in [0.29, 0.717) is 12.3 Å². The van der Waals surface area contributed by atoms with E-state index in [2.05, 4.69) is 34.1 Å². The number of fused-ring (bicyclic) bond motifs is 2. The first-order chi connectivity index (χ1) is 8.62. The molecule has 96 valence electrons. The lowest BCUT2D eigenvalue weighted by Gasteiger charge is -2.51. The summed E-state index contributed by atoms with van der Waals surface area (Å²) in [6, 6.07) is 6.53. The number of carboxylic acids is 1. The van der Waals surface area contributed by atoms with Crippen LogP contribution in [0, 0.1) is 5.92 Å². The molecular formula is C15H17BrO2. The summed E-state index contributed by atoms with van der Waals surface area (Å²) in [5.74, 6) is -0.324. The topological polar surface area (TPSA) is 37.3 Å². The Bertz CT molecular complexity index is 491. The quantitative estimate of drug-likeness (QED) is 0.899. The van der Waals surface area contributed by atoms with Crippen LogP contribution in [0.4, 0.5) is 0 Å². The Morgan fingerprint density at radius 1 is 1.44 bits per heavy atom. The van der Waals surface area contributed by atoms with Crippen molar-refractivity contribution in [3.05, 3.63) is 33.8 Å². The van der Waals surface area contributed by atoms with Gasteiger partial charge in [0.25, 0.3) is 0 Å². The summed E-state index contributed by atoms with van der Waals surface area (Å²) in [4.78, 5) is 11.1. The Balaban J connectivity index is 2.02. The summed E-state index contributed by atoms with van der Waals surface area (Å²) >= 11 is 3.55. The zero-order valence-corrected chi connectivity index (χ0v) is 11.9. The van der Waals surface area contributed by atoms with Gasteiger partial charge in [0, 0.05) is 10.9 Å². The Morgan fingerprint density at radius 2 is 2.22 bits per heavy atom. The van der Waals surface area contributed by atoms with Crippen molar-refractivity contribution >= 4 is 21.9 Å². The molecule has 1 spiro atoms. The molecule has 2 aliphatic rings. The smallest absolute Gasteiger partial charge is 0.303 e. The highest BCUT2D eigenvalue weighted by atomic mass is 79.9. The highest BCUT2D eigenvalue weighted by Crippen LogP contribution is 2.55. The minimum absolute atomic E-state index is 0.162. The van der Waals surface area contributed by atoms with E-state index >= 15 is 0 Å². The van der Waals surface area contributed by atoms with Crippen LogP contribution in [-0.2, 0) is 16.6 Å². The molecule has 0 aliphatic heterocycles. The maximum atomic E-state index is 11.1. The molecule has 3 rings (SSSR count). The second kappa shape index (κ2) is 4.37. The zero-order valence-electron chi connectivity index (χ0n) is 10.3. The van der Waals surface area contributed by atoms with Crippen LogP contribution in [0.1, 0.15) is 43.2 Å². The number of hydrogen-bond acceptors (Lipinski definition) is 1. The first kappa shape index (κ1) is 12.2. The van der Waals surface area contributed by atoms with E-state index < -0.39 is 5.97 Å². The van der Waals surface area contributed by atoms with Crippen LogP contribution in [0.25, 0.3) is 0 Å². The molecule has 2 aliphatic carbocycles. The maximum Gasteiger partial charge on any atom is 0.303 e. The molecular weight excluding hydrogens is 292 g/mol. The van der Waals surface area contributed by atoms with Gasteiger partial charge in [-0.1, -0.05) is 28.4 Å². The van der Waals surface area contributed by atoms with E-state index in [1.165, 1.54) is 17.5 Å². The summed E-state index contributed by atoms with van der Waals surface area (Å²) in [5, 5.41) is 9.11.